The third kappa shape index (κ3) is 6.15. The minimum absolute atomic E-state index is 0.283. The molecule has 0 aliphatic carbocycles. The Hall–Kier alpha value is -3.29. The molecule has 0 saturated carbocycles. The van der Waals surface area contributed by atoms with Gasteiger partial charge in [0.1, 0.15) is 12.2 Å². The monoisotopic (exact) mass is 452 g/mol. The van der Waals surface area contributed by atoms with E-state index in [4.69, 9.17) is 14.6 Å². The van der Waals surface area contributed by atoms with Crippen LogP contribution in [-0.4, -0.2) is 57.0 Å². The number of rotatable bonds is 4. The topological polar surface area (TPSA) is 76.9 Å². The Kier molecular flexibility index (Phi) is 6.72. The lowest BCUT2D eigenvalue weighted by atomic mass is 10.0. The Morgan fingerprint density at radius 2 is 1.82 bits per heavy atom. The predicted octanol–water partition coefficient (Wildman–Crippen LogP) is 4.15. The summed E-state index contributed by atoms with van der Waals surface area (Å²) in [4.78, 5) is 28.2. The van der Waals surface area contributed by atoms with Gasteiger partial charge in [0.2, 0.25) is 0 Å². The van der Waals surface area contributed by atoms with E-state index < -0.39 is 5.60 Å². The lowest BCUT2D eigenvalue weighted by molar-refractivity contribution is 0.0194. The number of carbonyl (C=O) groups is 2. The van der Waals surface area contributed by atoms with E-state index in [1.807, 2.05) is 55.8 Å². The van der Waals surface area contributed by atoms with Crippen molar-refractivity contribution in [3.8, 4) is 0 Å². The van der Waals surface area contributed by atoms with E-state index in [1.54, 1.807) is 9.80 Å². The van der Waals surface area contributed by atoms with Gasteiger partial charge in [0.25, 0.3) is 0 Å². The molecular formula is C25H32N4O4. The summed E-state index contributed by atoms with van der Waals surface area (Å²) in [6, 6.07) is 11.8. The lowest BCUT2D eigenvalue weighted by Crippen LogP contribution is -2.41. The quantitative estimate of drug-likeness (QED) is 0.652. The summed E-state index contributed by atoms with van der Waals surface area (Å²) in [5.41, 5.74) is 3.75. The Bertz CT molecular complexity index is 1020. The summed E-state index contributed by atoms with van der Waals surface area (Å²) in [6.07, 6.45) is 3.07. The van der Waals surface area contributed by atoms with Gasteiger partial charge in [0.15, 0.2) is 0 Å². The van der Waals surface area contributed by atoms with Crippen molar-refractivity contribution < 1.29 is 19.1 Å². The van der Waals surface area contributed by atoms with Crippen molar-refractivity contribution in [1.82, 2.24) is 19.6 Å². The summed E-state index contributed by atoms with van der Waals surface area (Å²) in [5.74, 6) is 0. The molecular weight excluding hydrogens is 420 g/mol. The summed E-state index contributed by atoms with van der Waals surface area (Å²) in [6.45, 7) is 8.84. The van der Waals surface area contributed by atoms with Crippen LogP contribution in [0.25, 0.3) is 0 Å². The molecule has 8 heteroatoms. The van der Waals surface area contributed by atoms with Gasteiger partial charge in [0.05, 0.1) is 24.5 Å². The predicted molar refractivity (Wildman–Crippen MR) is 123 cm³/mol. The first-order chi connectivity index (χ1) is 15.8. The average molecular weight is 453 g/mol. The summed E-state index contributed by atoms with van der Waals surface area (Å²) in [7, 11) is 0. The molecule has 0 radical (unpaired) electrons. The van der Waals surface area contributed by atoms with Gasteiger partial charge < -0.3 is 19.3 Å². The van der Waals surface area contributed by atoms with E-state index >= 15 is 0 Å². The zero-order valence-corrected chi connectivity index (χ0v) is 19.6. The molecule has 0 atom stereocenters. The summed E-state index contributed by atoms with van der Waals surface area (Å²) < 4.78 is 12.9. The standard InChI is InChI=1S/C25H32N4O4/c1-25(2,3)33-24(31)28-13-14-29-22(17-28)16-21(26-29)15-19-9-11-27(12-10-19)23(30)32-18-20-7-5-4-6-8-20/h4-9,16H,10-15,17-18H2,1-3H3. The molecule has 4 rings (SSSR count). The van der Waals surface area contributed by atoms with Crippen LogP contribution < -0.4 is 0 Å². The van der Waals surface area contributed by atoms with Crippen LogP contribution >= 0.6 is 0 Å². The molecule has 2 aromatic rings. The van der Waals surface area contributed by atoms with Crippen LogP contribution in [0.15, 0.2) is 48.0 Å². The number of fused-ring (bicyclic) bond motifs is 1. The van der Waals surface area contributed by atoms with Crippen LogP contribution in [0.1, 0.15) is 44.1 Å². The molecule has 1 aromatic carbocycles. The molecule has 0 spiro atoms. The van der Waals surface area contributed by atoms with Crippen molar-refractivity contribution >= 4 is 12.2 Å². The highest BCUT2D eigenvalue weighted by Crippen LogP contribution is 2.21. The number of nitrogens with zero attached hydrogens (tertiary/aromatic N) is 4. The zero-order valence-electron chi connectivity index (χ0n) is 19.6. The maximum Gasteiger partial charge on any atom is 0.410 e. The lowest BCUT2D eigenvalue weighted by Gasteiger charge is -2.30. The molecule has 0 unspecified atom stereocenters. The van der Waals surface area contributed by atoms with E-state index in [-0.39, 0.29) is 18.8 Å². The SMILES string of the molecule is CC(C)(C)OC(=O)N1CCn2nc(CC3=CCN(C(=O)OCc4ccccc4)CC3)cc2C1. The molecule has 2 amide bonds. The van der Waals surface area contributed by atoms with E-state index in [0.29, 0.717) is 32.7 Å². The van der Waals surface area contributed by atoms with Crippen LogP contribution in [0.4, 0.5) is 9.59 Å². The number of hydrogen-bond donors (Lipinski definition) is 0. The Labute approximate surface area is 194 Å². The second kappa shape index (κ2) is 9.68. The molecule has 0 N–H and O–H groups in total. The molecule has 0 fully saturated rings. The van der Waals surface area contributed by atoms with Crippen LogP contribution in [0.5, 0.6) is 0 Å². The van der Waals surface area contributed by atoms with Gasteiger partial charge >= 0.3 is 12.2 Å². The summed E-state index contributed by atoms with van der Waals surface area (Å²) in [5, 5.41) is 4.72. The largest absolute Gasteiger partial charge is 0.445 e. The molecule has 2 aliphatic heterocycles. The molecule has 33 heavy (non-hydrogen) atoms. The van der Waals surface area contributed by atoms with Crippen molar-refractivity contribution in [2.24, 2.45) is 0 Å². The molecule has 0 saturated heterocycles. The maximum absolute atomic E-state index is 12.4. The fraction of sp³-hybridized carbons (Fsp3) is 0.480. The van der Waals surface area contributed by atoms with Gasteiger partial charge in [-0.05, 0) is 38.8 Å². The number of amides is 2. The van der Waals surface area contributed by atoms with E-state index in [1.165, 1.54) is 5.57 Å². The van der Waals surface area contributed by atoms with E-state index in [0.717, 1.165) is 29.8 Å². The van der Waals surface area contributed by atoms with Gasteiger partial charge in [0, 0.05) is 26.1 Å². The number of carbonyl (C=O) groups excluding carboxylic acids is 2. The van der Waals surface area contributed by atoms with Crippen LogP contribution in [0.2, 0.25) is 0 Å². The molecule has 3 heterocycles. The molecule has 8 nitrogen and oxygen atoms in total. The van der Waals surface area contributed by atoms with Crippen molar-refractivity contribution in [1.29, 1.82) is 0 Å². The fourth-order valence-corrected chi connectivity index (χ4v) is 3.98. The van der Waals surface area contributed by atoms with Gasteiger partial charge in [-0.25, -0.2) is 9.59 Å². The van der Waals surface area contributed by atoms with Crippen LogP contribution in [0.3, 0.4) is 0 Å². The van der Waals surface area contributed by atoms with E-state index in [9.17, 15) is 9.59 Å². The van der Waals surface area contributed by atoms with Crippen molar-refractivity contribution in [3.05, 3.63) is 65.0 Å². The van der Waals surface area contributed by atoms with Crippen LogP contribution in [0, 0.1) is 0 Å². The zero-order chi connectivity index (χ0) is 23.4. The van der Waals surface area contributed by atoms with E-state index in [2.05, 4.69) is 12.1 Å². The van der Waals surface area contributed by atoms with Crippen molar-refractivity contribution in [2.75, 3.05) is 19.6 Å². The number of aromatic nitrogens is 2. The minimum Gasteiger partial charge on any atom is -0.445 e. The molecule has 176 valence electrons. The fourth-order valence-electron chi connectivity index (χ4n) is 3.98. The van der Waals surface area contributed by atoms with Gasteiger partial charge in [-0.1, -0.05) is 42.0 Å². The molecule has 1 aromatic heterocycles. The van der Waals surface area contributed by atoms with Crippen molar-refractivity contribution in [3.63, 3.8) is 0 Å². The molecule has 2 aliphatic rings. The van der Waals surface area contributed by atoms with Crippen LogP contribution in [-0.2, 0) is 35.6 Å². The number of ether oxygens (including phenoxy) is 2. The Balaban J connectivity index is 1.28. The van der Waals surface area contributed by atoms with Gasteiger partial charge in [-0.2, -0.15) is 5.10 Å². The van der Waals surface area contributed by atoms with Gasteiger partial charge in [-0.15, -0.1) is 0 Å². The highest BCUT2D eigenvalue weighted by Gasteiger charge is 2.27. The Morgan fingerprint density at radius 3 is 2.52 bits per heavy atom. The highest BCUT2D eigenvalue weighted by atomic mass is 16.6. The highest BCUT2D eigenvalue weighted by molar-refractivity contribution is 5.68. The minimum atomic E-state index is -0.505. The smallest absolute Gasteiger partial charge is 0.410 e. The number of hydrogen-bond acceptors (Lipinski definition) is 5. The first-order valence-electron chi connectivity index (χ1n) is 11.4. The second-order valence-corrected chi connectivity index (χ2v) is 9.53. The summed E-state index contributed by atoms with van der Waals surface area (Å²) >= 11 is 0. The third-order valence-electron chi connectivity index (χ3n) is 5.67. The number of benzene rings is 1. The second-order valence-electron chi connectivity index (χ2n) is 9.53. The van der Waals surface area contributed by atoms with Crippen molar-refractivity contribution in [2.45, 2.75) is 58.9 Å². The maximum atomic E-state index is 12.4. The van der Waals surface area contributed by atoms with Gasteiger partial charge in [-0.3, -0.25) is 4.68 Å². The first-order valence-corrected chi connectivity index (χ1v) is 11.4. The third-order valence-corrected chi connectivity index (χ3v) is 5.67. The normalized spacial score (nSPS) is 16.2. The molecule has 0 bridgehead atoms. The first kappa shape index (κ1) is 22.9. The average Bonchev–Trinajstić information content (AvgIpc) is 3.19. The Morgan fingerprint density at radius 1 is 1.03 bits per heavy atom.